The van der Waals surface area contributed by atoms with Gasteiger partial charge in [0, 0.05) is 10.8 Å². The third-order valence-corrected chi connectivity index (χ3v) is 14.3. The van der Waals surface area contributed by atoms with E-state index in [0.29, 0.717) is 34.6 Å². The van der Waals surface area contributed by atoms with E-state index in [1.807, 2.05) is 91.0 Å². The summed E-state index contributed by atoms with van der Waals surface area (Å²) in [6.07, 6.45) is 0. The monoisotopic (exact) mass is 964 g/mol. The van der Waals surface area contributed by atoms with E-state index >= 15 is 0 Å². The number of hydrogen-bond donors (Lipinski definition) is 0. The molecule has 0 bridgehead atoms. The third-order valence-electron chi connectivity index (χ3n) is 10.5. The summed E-state index contributed by atoms with van der Waals surface area (Å²) < 4.78 is 117. The minimum Gasteiger partial charge on any atom is -0.489 e. The van der Waals surface area contributed by atoms with Gasteiger partial charge in [0.2, 0.25) is 0 Å². The molecule has 68 heavy (non-hydrogen) atoms. The molecule has 0 amide bonds. The van der Waals surface area contributed by atoms with Crippen molar-refractivity contribution in [3.63, 3.8) is 0 Å². The summed E-state index contributed by atoms with van der Waals surface area (Å²) >= 11 is 0. The number of hydrogen-bond acceptors (Lipinski definition) is 12. The summed E-state index contributed by atoms with van der Waals surface area (Å²) in [6.45, 7) is 0.856. The fourth-order valence-corrected chi connectivity index (χ4v) is 9.88. The van der Waals surface area contributed by atoms with Gasteiger partial charge >= 0.3 is 30.4 Å². The molecule has 0 heterocycles. The first-order valence-electron chi connectivity index (χ1n) is 21.0. The molecule has 0 saturated carbocycles. The Morgan fingerprint density at radius 3 is 1.06 bits per heavy atom. The van der Waals surface area contributed by atoms with Gasteiger partial charge in [0.25, 0.3) is 0 Å². The van der Waals surface area contributed by atoms with Crippen molar-refractivity contribution in [2.24, 2.45) is 0 Å². The Bertz CT molecular complexity index is 3540. The van der Waals surface area contributed by atoms with E-state index in [1.165, 1.54) is 109 Å². The fraction of sp³-hybridized carbons (Fsp3) is 0.0566. The summed E-state index contributed by atoms with van der Waals surface area (Å²) in [6, 6.07) is 56.0. The van der Waals surface area contributed by atoms with Gasteiger partial charge in [-0.05, 0) is 137 Å². The van der Waals surface area contributed by atoms with Gasteiger partial charge in [0.1, 0.15) is 63.3 Å². The Kier molecular flexibility index (Phi) is 13.0. The van der Waals surface area contributed by atoms with Crippen LogP contribution in [-0.4, -0.2) is 25.3 Å². The maximum Gasteiger partial charge on any atom is 0.339 e. The molecule has 0 fully saturated rings. The average molecular weight is 965 g/mol. The molecule has 0 unspecified atom stereocenters. The fourth-order valence-electron chi connectivity index (χ4n) is 7.07. The molecule has 0 aliphatic carbocycles. The van der Waals surface area contributed by atoms with Gasteiger partial charge in [-0.25, -0.2) is 0 Å². The van der Waals surface area contributed by atoms with Crippen LogP contribution in [0.25, 0.3) is 21.5 Å². The van der Waals surface area contributed by atoms with Crippen molar-refractivity contribution in [1.82, 2.24) is 0 Å². The van der Waals surface area contributed by atoms with E-state index in [4.69, 9.17) is 26.8 Å². The highest BCUT2D eigenvalue weighted by Crippen LogP contribution is 2.41. The lowest BCUT2D eigenvalue weighted by Crippen LogP contribution is -2.11. The van der Waals surface area contributed by atoms with E-state index in [0.717, 1.165) is 16.7 Å². The molecule has 0 aliphatic rings. The summed E-state index contributed by atoms with van der Waals surface area (Å²) in [5.41, 5.74) is 2.82. The highest BCUT2D eigenvalue weighted by molar-refractivity contribution is 7.87. The van der Waals surface area contributed by atoms with Crippen molar-refractivity contribution in [2.75, 3.05) is 0 Å². The van der Waals surface area contributed by atoms with Crippen LogP contribution < -0.4 is 26.8 Å². The lowest BCUT2D eigenvalue weighted by atomic mass is 10.0. The van der Waals surface area contributed by atoms with Crippen molar-refractivity contribution in [1.29, 1.82) is 0 Å². The molecule has 0 N–H and O–H groups in total. The average Bonchev–Trinajstić information content (AvgIpc) is 3.35. The van der Waals surface area contributed by atoms with Crippen LogP contribution in [0.4, 0.5) is 0 Å². The zero-order valence-electron chi connectivity index (χ0n) is 35.9. The topological polar surface area (TPSA) is 158 Å². The lowest BCUT2D eigenvalue weighted by Gasteiger charge is -2.16. The van der Waals surface area contributed by atoms with Gasteiger partial charge in [0.15, 0.2) is 5.75 Å². The van der Waals surface area contributed by atoms with Gasteiger partial charge in [-0.3, -0.25) is 0 Å². The first-order chi connectivity index (χ1) is 32.9. The van der Waals surface area contributed by atoms with E-state index < -0.39 is 30.4 Å². The van der Waals surface area contributed by atoms with Crippen molar-refractivity contribution in [2.45, 2.75) is 34.5 Å². The molecule has 0 radical (unpaired) electrons. The second-order valence-electron chi connectivity index (χ2n) is 15.3. The molecule has 0 spiro atoms. The Morgan fingerprint density at radius 1 is 0.294 bits per heavy atom. The highest BCUT2D eigenvalue weighted by atomic mass is 32.2. The van der Waals surface area contributed by atoms with Crippen LogP contribution in [-0.2, 0) is 50.2 Å². The quantitative estimate of drug-likeness (QED) is 0.0593. The number of benzene rings is 9. The minimum absolute atomic E-state index is 0.0660. The van der Waals surface area contributed by atoms with Gasteiger partial charge < -0.3 is 26.8 Å². The first kappa shape index (κ1) is 45.3. The second kappa shape index (κ2) is 19.5. The second-order valence-corrected chi connectivity index (χ2v) is 20.0. The van der Waals surface area contributed by atoms with Gasteiger partial charge in [-0.2, -0.15) is 25.3 Å². The van der Waals surface area contributed by atoms with Crippen molar-refractivity contribution in [3.05, 3.63) is 223 Å². The Morgan fingerprint density at radius 2 is 0.647 bits per heavy atom. The molecule has 15 heteroatoms. The SMILES string of the molecule is O=S(=O)(Oc1ccc2c(OS(=O)(=O)c3ccc(OCc4ccccc4)cc3)c3cc(OS(=O)(=O)c4ccc(OCc5ccccc5)cc4)ccc3cc2c1)c1ccc(OCc2ccccc2)cc1. The summed E-state index contributed by atoms with van der Waals surface area (Å²) in [4.78, 5) is -0.457. The molecular formula is C53H40O12S3. The molecule has 342 valence electrons. The number of fused-ring (bicyclic) bond motifs is 2. The maximum atomic E-state index is 14.1. The smallest absolute Gasteiger partial charge is 0.339 e. The number of ether oxygens (including phenoxy) is 3. The molecule has 9 aromatic carbocycles. The zero-order valence-corrected chi connectivity index (χ0v) is 38.3. The molecule has 9 rings (SSSR count). The largest absolute Gasteiger partial charge is 0.489 e. The predicted octanol–water partition coefficient (Wildman–Crippen LogP) is 11.0. The van der Waals surface area contributed by atoms with Crippen LogP contribution in [0.15, 0.2) is 221 Å². The predicted molar refractivity (Wildman–Crippen MR) is 257 cm³/mol. The third kappa shape index (κ3) is 10.9. The summed E-state index contributed by atoms with van der Waals surface area (Å²) in [5.74, 6) is 0.966. The first-order valence-corrected chi connectivity index (χ1v) is 25.2. The van der Waals surface area contributed by atoms with Gasteiger partial charge in [-0.15, -0.1) is 0 Å². The van der Waals surface area contributed by atoms with Crippen molar-refractivity contribution >= 4 is 51.9 Å². The molecule has 0 aromatic heterocycles. The van der Waals surface area contributed by atoms with Crippen LogP contribution in [0.5, 0.6) is 34.5 Å². The lowest BCUT2D eigenvalue weighted by molar-refractivity contribution is 0.306. The molecule has 0 saturated heterocycles. The molecule has 0 aliphatic heterocycles. The van der Waals surface area contributed by atoms with Gasteiger partial charge in [-0.1, -0.05) is 97.1 Å². The minimum atomic E-state index is -4.56. The summed E-state index contributed by atoms with van der Waals surface area (Å²) in [5, 5.41) is 1.17. The standard InChI is InChI=1S/C53H40O12S3/c54-66(55,48-25-18-43(19-26-48)60-35-38-10-4-1-5-11-38)63-46-24-31-51-42(33-46)32-41-16-17-47(64-67(56,57)49-27-20-44(21-28-49)61-36-39-12-6-2-7-13-39)34-52(41)53(51)65-68(58,59)50-29-22-45(23-30-50)62-37-40-14-8-3-9-15-40/h1-34H,35-37H2. The zero-order chi connectivity index (χ0) is 47.1. The Balaban J connectivity index is 0.998. The molecule has 12 nitrogen and oxygen atoms in total. The highest BCUT2D eigenvalue weighted by Gasteiger charge is 2.24. The Labute approximate surface area is 393 Å². The van der Waals surface area contributed by atoms with Crippen LogP contribution >= 0.6 is 0 Å². The molecule has 0 atom stereocenters. The van der Waals surface area contributed by atoms with Crippen molar-refractivity contribution < 1.29 is 52.0 Å². The van der Waals surface area contributed by atoms with Crippen LogP contribution in [0, 0.1) is 0 Å². The van der Waals surface area contributed by atoms with Crippen LogP contribution in [0.3, 0.4) is 0 Å². The van der Waals surface area contributed by atoms with Crippen LogP contribution in [0.1, 0.15) is 16.7 Å². The van der Waals surface area contributed by atoms with Crippen molar-refractivity contribution in [3.8, 4) is 34.5 Å². The summed E-state index contributed by atoms with van der Waals surface area (Å²) in [7, 11) is -13.3. The number of rotatable bonds is 18. The van der Waals surface area contributed by atoms with E-state index in [1.54, 1.807) is 6.07 Å². The maximum absolute atomic E-state index is 14.1. The van der Waals surface area contributed by atoms with E-state index in [9.17, 15) is 25.3 Å². The Hall–Kier alpha value is -7.85. The normalized spacial score (nSPS) is 11.8. The van der Waals surface area contributed by atoms with E-state index in [2.05, 4.69) is 0 Å². The van der Waals surface area contributed by atoms with E-state index in [-0.39, 0.29) is 55.9 Å². The van der Waals surface area contributed by atoms with Gasteiger partial charge in [0.05, 0.1) is 0 Å². The molecule has 9 aromatic rings. The van der Waals surface area contributed by atoms with Crippen LogP contribution in [0.2, 0.25) is 0 Å². The molecular weight excluding hydrogens is 925 g/mol.